The van der Waals surface area contributed by atoms with Crippen molar-refractivity contribution in [2.75, 3.05) is 6.54 Å². The quantitative estimate of drug-likeness (QED) is 0.790. The molecule has 0 unspecified atom stereocenters. The molecule has 86 valence electrons. The van der Waals surface area contributed by atoms with Crippen LogP contribution in [0.2, 0.25) is 0 Å². The lowest BCUT2D eigenvalue weighted by Crippen LogP contribution is -2.06. The number of nitrogens with two attached hydrogens (primary N) is 1. The first-order chi connectivity index (χ1) is 7.45. The third-order valence-electron chi connectivity index (χ3n) is 1.77. The highest BCUT2D eigenvalue weighted by atomic mass is 79.9. The van der Waals surface area contributed by atoms with Gasteiger partial charge in [-0.25, -0.2) is 0 Å². The standard InChI is InChI=1S/C11H9BrF3N/c12-10-5-4-8(3-1-2-6-16)7-9(10)11(13,14)15/h4-5,7H,2,6,16H2. The minimum Gasteiger partial charge on any atom is -0.330 e. The summed E-state index contributed by atoms with van der Waals surface area (Å²) in [4.78, 5) is 0. The number of hydrogen-bond acceptors (Lipinski definition) is 1. The smallest absolute Gasteiger partial charge is 0.330 e. The molecular weight excluding hydrogens is 283 g/mol. The first-order valence-corrected chi connectivity index (χ1v) is 5.30. The van der Waals surface area contributed by atoms with E-state index in [1.807, 2.05) is 0 Å². The molecule has 0 fully saturated rings. The maximum absolute atomic E-state index is 12.5. The number of rotatable bonds is 1. The van der Waals surface area contributed by atoms with Gasteiger partial charge in [-0.15, -0.1) is 0 Å². The van der Waals surface area contributed by atoms with Crippen LogP contribution < -0.4 is 5.73 Å². The van der Waals surface area contributed by atoms with Crippen LogP contribution in [0, 0.1) is 11.8 Å². The summed E-state index contributed by atoms with van der Waals surface area (Å²) in [5, 5.41) is 0. The van der Waals surface area contributed by atoms with Crippen LogP contribution in [0.25, 0.3) is 0 Å². The lowest BCUT2D eigenvalue weighted by Gasteiger charge is -2.08. The van der Waals surface area contributed by atoms with Crippen LogP contribution in [0.15, 0.2) is 22.7 Å². The van der Waals surface area contributed by atoms with Gasteiger partial charge < -0.3 is 5.73 Å². The van der Waals surface area contributed by atoms with Crippen molar-refractivity contribution in [1.29, 1.82) is 0 Å². The maximum Gasteiger partial charge on any atom is 0.417 e. The predicted octanol–water partition coefficient (Wildman–Crippen LogP) is 3.17. The van der Waals surface area contributed by atoms with Gasteiger partial charge in [0, 0.05) is 23.0 Å². The molecule has 0 amide bonds. The minimum absolute atomic E-state index is 0.0179. The van der Waals surface area contributed by atoms with Crippen molar-refractivity contribution in [1.82, 2.24) is 0 Å². The summed E-state index contributed by atoms with van der Waals surface area (Å²) in [6, 6.07) is 3.89. The van der Waals surface area contributed by atoms with Gasteiger partial charge >= 0.3 is 6.18 Å². The van der Waals surface area contributed by atoms with Gasteiger partial charge in [0.25, 0.3) is 0 Å². The van der Waals surface area contributed by atoms with Crippen molar-refractivity contribution in [3.63, 3.8) is 0 Å². The molecular formula is C11H9BrF3N. The Morgan fingerprint density at radius 2 is 2.00 bits per heavy atom. The van der Waals surface area contributed by atoms with Crippen molar-refractivity contribution in [3.05, 3.63) is 33.8 Å². The summed E-state index contributed by atoms with van der Waals surface area (Å²) in [6.07, 6.45) is -3.90. The van der Waals surface area contributed by atoms with E-state index in [0.29, 0.717) is 18.5 Å². The topological polar surface area (TPSA) is 26.0 Å². The van der Waals surface area contributed by atoms with Crippen LogP contribution in [0.1, 0.15) is 17.5 Å². The maximum atomic E-state index is 12.5. The number of benzene rings is 1. The van der Waals surface area contributed by atoms with Gasteiger partial charge in [-0.3, -0.25) is 0 Å². The zero-order valence-corrected chi connectivity index (χ0v) is 9.82. The van der Waals surface area contributed by atoms with Gasteiger partial charge in [-0.05, 0) is 18.2 Å². The van der Waals surface area contributed by atoms with Gasteiger partial charge in [0.15, 0.2) is 0 Å². The van der Waals surface area contributed by atoms with Crippen LogP contribution in [-0.2, 0) is 6.18 Å². The van der Waals surface area contributed by atoms with E-state index in [1.54, 1.807) is 0 Å². The Morgan fingerprint density at radius 3 is 2.56 bits per heavy atom. The Balaban J connectivity index is 3.05. The fourth-order valence-electron chi connectivity index (χ4n) is 1.06. The summed E-state index contributed by atoms with van der Waals surface area (Å²) in [5.41, 5.74) is 4.85. The first-order valence-electron chi connectivity index (χ1n) is 4.51. The summed E-state index contributed by atoms with van der Waals surface area (Å²) in [7, 11) is 0. The fraction of sp³-hybridized carbons (Fsp3) is 0.273. The molecule has 0 spiro atoms. The zero-order valence-electron chi connectivity index (χ0n) is 8.24. The molecule has 5 heteroatoms. The van der Waals surface area contributed by atoms with E-state index in [4.69, 9.17) is 5.73 Å². The van der Waals surface area contributed by atoms with E-state index in [0.717, 1.165) is 6.07 Å². The van der Waals surface area contributed by atoms with Crippen LogP contribution >= 0.6 is 15.9 Å². The predicted molar refractivity (Wildman–Crippen MR) is 59.7 cm³/mol. The van der Waals surface area contributed by atoms with Gasteiger partial charge in [0.2, 0.25) is 0 Å². The molecule has 0 bridgehead atoms. The number of halogens is 4. The summed E-state index contributed by atoms with van der Waals surface area (Å²) >= 11 is 2.86. The normalized spacial score (nSPS) is 10.8. The molecule has 0 aliphatic rings. The average Bonchev–Trinajstić information content (AvgIpc) is 2.19. The molecule has 2 N–H and O–H groups in total. The highest BCUT2D eigenvalue weighted by Gasteiger charge is 2.32. The zero-order chi connectivity index (χ0) is 12.2. The second-order valence-corrected chi connectivity index (χ2v) is 3.89. The molecule has 0 aliphatic heterocycles. The molecule has 1 rings (SSSR count). The monoisotopic (exact) mass is 291 g/mol. The van der Waals surface area contributed by atoms with Gasteiger partial charge in [-0.1, -0.05) is 27.8 Å². The van der Waals surface area contributed by atoms with Gasteiger partial charge in [0.05, 0.1) is 5.56 Å². The molecule has 16 heavy (non-hydrogen) atoms. The van der Waals surface area contributed by atoms with Crippen molar-refractivity contribution in [2.45, 2.75) is 12.6 Å². The Bertz CT molecular complexity index is 429. The third kappa shape index (κ3) is 3.54. The molecule has 1 nitrogen and oxygen atoms in total. The Labute approximate surface area is 100.0 Å². The molecule has 0 aliphatic carbocycles. The lowest BCUT2D eigenvalue weighted by atomic mass is 10.1. The summed E-state index contributed by atoms with van der Waals surface area (Å²) < 4.78 is 37.6. The Kier molecular flexibility index (Phi) is 4.39. The van der Waals surface area contributed by atoms with Crippen LogP contribution in [0.3, 0.4) is 0 Å². The van der Waals surface area contributed by atoms with Gasteiger partial charge in [-0.2, -0.15) is 13.2 Å². The largest absolute Gasteiger partial charge is 0.417 e. The van der Waals surface area contributed by atoms with Crippen molar-refractivity contribution in [2.24, 2.45) is 5.73 Å². The molecule has 0 saturated heterocycles. The van der Waals surface area contributed by atoms with E-state index < -0.39 is 11.7 Å². The van der Waals surface area contributed by atoms with Gasteiger partial charge in [0.1, 0.15) is 0 Å². The average molecular weight is 292 g/mol. The van der Waals surface area contributed by atoms with E-state index in [1.165, 1.54) is 12.1 Å². The molecule has 0 aromatic heterocycles. The SMILES string of the molecule is NCCC#Cc1ccc(Br)c(C(F)(F)F)c1. The van der Waals surface area contributed by atoms with Crippen LogP contribution in [-0.4, -0.2) is 6.54 Å². The van der Waals surface area contributed by atoms with Crippen molar-refractivity contribution < 1.29 is 13.2 Å². The van der Waals surface area contributed by atoms with Crippen molar-refractivity contribution >= 4 is 15.9 Å². The second-order valence-electron chi connectivity index (χ2n) is 3.03. The van der Waals surface area contributed by atoms with E-state index in [-0.39, 0.29) is 4.47 Å². The van der Waals surface area contributed by atoms with Crippen molar-refractivity contribution in [3.8, 4) is 11.8 Å². The number of hydrogen-bond donors (Lipinski definition) is 1. The van der Waals surface area contributed by atoms with Crippen LogP contribution in [0.4, 0.5) is 13.2 Å². The van der Waals surface area contributed by atoms with E-state index >= 15 is 0 Å². The first kappa shape index (κ1) is 13.1. The summed E-state index contributed by atoms with van der Waals surface area (Å²) in [5.74, 6) is 5.33. The Morgan fingerprint density at radius 1 is 1.31 bits per heavy atom. The van der Waals surface area contributed by atoms with Crippen LogP contribution in [0.5, 0.6) is 0 Å². The minimum atomic E-state index is -4.37. The summed E-state index contributed by atoms with van der Waals surface area (Å²) in [6.45, 7) is 0.398. The molecule has 0 heterocycles. The third-order valence-corrected chi connectivity index (χ3v) is 2.47. The molecule has 1 aromatic carbocycles. The highest BCUT2D eigenvalue weighted by Crippen LogP contribution is 2.35. The highest BCUT2D eigenvalue weighted by molar-refractivity contribution is 9.10. The molecule has 0 radical (unpaired) electrons. The Hall–Kier alpha value is -0.990. The molecule has 0 atom stereocenters. The second kappa shape index (κ2) is 5.37. The van der Waals surface area contributed by atoms with E-state index in [9.17, 15) is 13.2 Å². The molecule has 1 aromatic rings. The number of alkyl halides is 3. The fourth-order valence-corrected chi connectivity index (χ4v) is 1.53. The molecule has 0 saturated carbocycles. The lowest BCUT2D eigenvalue weighted by molar-refractivity contribution is -0.138. The van der Waals surface area contributed by atoms with E-state index in [2.05, 4.69) is 27.8 Å².